The van der Waals surface area contributed by atoms with Crippen molar-refractivity contribution in [2.45, 2.75) is 6.54 Å². The lowest BCUT2D eigenvalue weighted by Gasteiger charge is -2.05. The molecular weight excluding hydrogens is 309 g/mol. The van der Waals surface area contributed by atoms with Gasteiger partial charge in [-0.2, -0.15) is 5.21 Å². The molecule has 1 heterocycles. The fraction of sp³-hybridized carbons (Fsp3) is 0.111. The highest BCUT2D eigenvalue weighted by Crippen LogP contribution is 2.25. The molecule has 1 aromatic heterocycles. The van der Waals surface area contributed by atoms with Gasteiger partial charge in [0, 0.05) is 4.47 Å². The minimum absolute atomic E-state index is 0.193. The van der Waals surface area contributed by atoms with Crippen molar-refractivity contribution >= 4 is 33.4 Å². The van der Waals surface area contributed by atoms with Crippen LogP contribution in [0.2, 0.25) is 5.02 Å². The number of tetrazole rings is 1. The minimum atomic E-state index is -0.291. The summed E-state index contributed by atoms with van der Waals surface area (Å²) in [5.41, 5.74) is 0.393. The van der Waals surface area contributed by atoms with Crippen LogP contribution in [-0.4, -0.2) is 26.5 Å². The van der Waals surface area contributed by atoms with E-state index in [4.69, 9.17) is 11.6 Å². The lowest BCUT2D eigenvalue weighted by molar-refractivity contribution is 0.0950. The van der Waals surface area contributed by atoms with E-state index in [9.17, 15) is 4.79 Å². The highest BCUT2D eigenvalue weighted by atomic mass is 79.9. The average Bonchev–Trinajstić information content (AvgIpc) is 2.82. The van der Waals surface area contributed by atoms with Crippen molar-refractivity contribution in [2.24, 2.45) is 0 Å². The monoisotopic (exact) mass is 315 g/mol. The van der Waals surface area contributed by atoms with Gasteiger partial charge in [-0.3, -0.25) is 4.79 Å². The van der Waals surface area contributed by atoms with E-state index in [0.717, 1.165) is 0 Å². The number of halogens is 2. The second kappa shape index (κ2) is 5.24. The number of nitrogens with zero attached hydrogens (tertiary/aromatic N) is 3. The molecule has 0 saturated heterocycles. The quantitative estimate of drug-likeness (QED) is 0.900. The Kier molecular flexibility index (Phi) is 3.70. The zero-order valence-corrected chi connectivity index (χ0v) is 10.8. The molecule has 6 nitrogen and oxygen atoms in total. The van der Waals surface area contributed by atoms with Gasteiger partial charge in [-0.25, -0.2) is 0 Å². The molecule has 0 radical (unpaired) electrons. The van der Waals surface area contributed by atoms with Crippen LogP contribution in [0, 0.1) is 0 Å². The molecule has 88 valence electrons. The van der Waals surface area contributed by atoms with Gasteiger partial charge >= 0.3 is 0 Å². The molecule has 0 spiro atoms. The minimum Gasteiger partial charge on any atom is -0.345 e. The molecule has 0 unspecified atom stereocenters. The number of carbonyl (C=O) groups is 1. The Morgan fingerprint density at radius 3 is 3.06 bits per heavy atom. The van der Waals surface area contributed by atoms with Crippen molar-refractivity contribution in [3.05, 3.63) is 39.1 Å². The van der Waals surface area contributed by atoms with E-state index in [2.05, 4.69) is 41.9 Å². The first-order valence-corrected chi connectivity index (χ1v) is 5.80. The summed E-state index contributed by atoms with van der Waals surface area (Å²) in [6.45, 7) is 0.193. The number of H-pyrrole nitrogens is 1. The maximum absolute atomic E-state index is 11.8. The van der Waals surface area contributed by atoms with Crippen LogP contribution in [0.15, 0.2) is 22.7 Å². The lowest BCUT2D eigenvalue weighted by Crippen LogP contribution is -2.23. The van der Waals surface area contributed by atoms with Gasteiger partial charge in [-0.1, -0.05) is 22.9 Å². The molecule has 1 amide bonds. The predicted molar refractivity (Wildman–Crippen MR) is 64.5 cm³/mol. The Bertz CT molecular complexity index is 530. The predicted octanol–water partition coefficient (Wildman–Crippen LogP) is 1.55. The SMILES string of the molecule is O=C(NCc1nn[nH]n1)c1cccc(Br)c1Cl. The van der Waals surface area contributed by atoms with Gasteiger partial charge in [-0.05, 0) is 28.1 Å². The van der Waals surface area contributed by atoms with Gasteiger partial charge in [0.2, 0.25) is 0 Å². The number of aromatic nitrogens is 4. The highest BCUT2D eigenvalue weighted by molar-refractivity contribution is 9.10. The van der Waals surface area contributed by atoms with Gasteiger partial charge in [0.25, 0.3) is 5.91 Å². The van der Waals surface area contributed by atoms with Gasteiger partial charge in [0.05, 0.1) is 17.1 Å². The van der Waals surface area contributed by atoms with E-state index >= 15 is 0 Å². The van der Waals surface area contributed by atoms with Crippen molar-refractivity contribution in [2.75, 3.05) is 0 Å². The molecule has 2 rings (SSSR count). The number of rotatable bonds is 3. The van der Waals surface area contributed by atoms with Crippen molar-refractivity contribution < 1.29 is 4.79 Å². The van der Waals surface area contributed by atoms with Gasteiger partial charge < -0.3 is 5.32 Å². The first-order chi connectivity index (χ1) is 8.18. The first kappa shape index (κ1) is 12.0. The van der Waals surface area contributed by atoms with Gasteiger partial charge in [-0.15, -0.1) is 10.2 Å². The first-order valence-electron chi connectivity index (χ1n) is 4.63. The third kappa shape index (κ3) is 2.80. The topological polar surface area (TPSA) is 83.6 Å². The van der Waals surface area contributed by atoms with E-state index in [1.165, 1.54) is 0 Å². The summed E-state index contributed by atoms with van der Waals surface area (Å²) in [5.74, 6) is 0.116. The van der Waals surface area contributed by atoms with E-state index in [1.54, 1.807) is 18.2 Å². The molecular formula is C9H7BrClN5O. The fourth-order valence-corrected chi connectivity index (χ4v) is 1.77. The summed E-state index contributed by atoms with van der Waals surface area (Å²) in [6.07, 6.45) is 0. The molecule has 0 aliphatic rings. The molecule has 0 atom stereocenters. The fourth-order valence-electron chi connectivity index (χ4n) is 1.19. The maximum atomic E-state index is 11.8. The summed E-state index contributed by atoms with van der Waals surface area (Å²) < 4.78 is 0.673. The number of carbonyl (C=O) groups excluding carboxylic acids is 1. The third-order valence-electron chi connectivity index (χ3n) is 1.99. The normalized spacial score (nSPS) is 10.2. The Hall–Kier alpha value is -1.47. The maximum Gasteiger partial charge on any atom is 0.253 e. The van der Waals surface area contributed by atoms with E-state index in [-0.39, 0.29) is 12.5 Å². The summed E-state index contributed by atoms with van der Waals surface area (Å²) in [4.78, 5) is 11.8. The molecule has 0 fully saturated rings. The van der Waals surface area contributed by atoms with Crippen molar-refractivity contribution in [1.82, 2.24) is 25.9 Å². The third-order valence-corrected chi connectivity index (χ3v) is 3.29. The van der Waals surface area contributed by atoms with E-state index in [0.29, 0.717) is 20.9 Å². The van der Waals surface area contributed by atoms with Crippen LogP contribution in [0.1, 0.15) is 16.2 Å². The van der Waals surface area contributed by atoms with Crippen molar-refractivity contribution in [3.63, 3.8) is 0 Å². The average molecular weight is 317 g/mol. The standard InChI is InChI=1S/C9H7BrClN5O/c10-6-3-1-2-5(8(6)11)9(17)12-4-7-13-15-16-14-7/h1-3H,4H2,(H,12,17)(H,13,14,15,16). The van der Waals surface area contributed by atoms with Gasteiger partial charge in [0.15, 0.2) is 5.82 Å². The molecule has 2 N–H and O–H groups in total. The molecule has 0 saturated carbocycles. The lowest BCUT2D eigenvalue weighted by atomic mass is 10.2. The van der Waals surface area contributed by atoms with Crippen LogP contribution in [0.25, 0.3) is 0 Å². The Balaban J connectivity index is 2.07. The Morgan fingerprint density at radius 2 is 2.35 bits per heavy atom. The largest absolute Gasteiger partial charge is 0.345 e. The summed E-state index contributed by atoms with van der Waals surface area (Å²) in [6, 6.07) is 5.14. The van der Waals surface area contributed by atoms with Crippen LogP contribution in [0.3, 0.4) is 0 Å². The van der Waals surface area contributed by atoms with Crippen molar-refractivity contribution in [1.29, 1.82) is 0 Å². The van der Waals surface area contributed by atoms with Crippen LogP contribution >= 0.6 is 27.5 Å². The molecule has 2 aromatic rings. The molecule has 17 heavy (non-hydrogen) atoms. The summed E-state index contributed by atoms with van der Waals surface area (Å²) >= 11 is 9.24. The zero-order chi connectivity index (χ0) is 12.3. The summed E-state index contributed by atoms with van der Waals surface area (Å²) in [7, 11) is 0. The van der Waals surface area contributed by atoms with Crippen LogP contribution < -0.4 is 5.32 Å². The number of benzene rings is 1. The molecule has 8 heteroatoms. The number of hydrogen-bond donors (Lipinski definition) is 2. The number of hydrogen-bond acceptors (Lipinski definition) is 4. The second-order valence-corrected chi connectivity index (χ2v) is 4.34. The van der Waals surface area contributed by atoms with Crippen LogP contribution in [-0.2, 0) is 6.54 Å². The molecule has 0 aliphatic carbocycles. The Labute approximate surface area is 110 Å². The second-order valence-electron chi connectivity index (χ2n) is 3.11. The van der Waals surface area contributed by atoms with Crippen LogP contribution in [0.4, 0.5) is 0 Å². The molecule has 0 bridgehead atoms. The number of nitrogens with one attached hydrogen (secondary N) is 2. The molecule has 0 aliphatic heterocycles. The zero-order valence-electron chi connectivity index (χ0n) is 8.44. The smallest absolute Gasteiger partial charge is 0.253 e. The summed E-state index contributed by atoms with van der Waals surface area (Å²) in [5, 5.41) is 16.1. The highest BCUT2D eigenvalue weighted by Gasteiger charge is 2.12. The van der Waals surface area contributed by atoms with Gasteiger partial charge in [0.1, 0.15) is 0 Å². The van der Waals surface area contributed by atoms with E-state index in [1.807, 2.05) is 0 Å². The van der Waals surface area contributed by atoms with E-state index < -0.39 is 0 Å². The van der Waals surface area contributed by atoms with Crippen LogP contribution in [0.5, 0.6) is 0 Å². The number of aromatic amines is 1. The van der Waals surface area contributed by atoms with Crippen molar-refractivity contribution in [3.8, 4) is 0 Å². The number of amides is 1. The molecule has 1 aromatic carbocycles. The Morgan fingerprint density at radius 1 is 1.53 bits per heavy atom.